The summed E-state index contributed by atoms with van der Waals surface area (Å²) in [7, 11) is -7.65. The summed E-state index contributed by atoms with van der Waals surface area (Å²) in [6.45, 7) is 15.6. The van der Waals surface area contributed by atoms with Crippen LogP contribution in [0.4, 0.5) is 29.5 Å². The molecule has 8 aromatic carbocycles. The average Bonchev–Trinajstić information content (AvgIpc) is 1.56. The first kappa shape index (κ1) is 127. The van der Waals surface area contributed by atoms with Gasteiger partial charge in [0, 0.05) is 39.1 Å². The summed E-state index contributed by atoms with van der Waals surface area (Å²) < 4.78 is 207. The fourth-order valence-corrected chi connectivity index (χ4v) is 19.9. The zero-order valence-electron chi connectivity index (χ0n) is 80.1. The number of carbonyl (C=O) groups is 3. The number of nitrogens with one attached hydrogen (secondary N) is 4. The summed E-state index contributed by atoms with van der Waals surface area (Å²) in [4.78, 5) is 63.3. The van der Waals surface area contributed by atoms with Crippen molar-refractivity contribution in [3.8, 4) is 40.5 Å². The number of ether oxygens (including phenoxy) is 8. The molecule has 7 N–H and O–H groups in total. The number of aromatic nitrogens is 8. The molecule has 4 aromatic heterocycles. The molecule has 14 rings (SSSR count). The van der Waals surface area contributed by atoms with E-state index in [1.54, 1.807) is 178 Å². The summed E-state index contributed by atoms with van der Waals surface area (Å²) in [6, 6.07) is 60.8. The van der Waals surface area contributed by atoms with Crippen LogP contribution in [0.1, 0.15) is 156 Å². The summed E-state index contributed by atoms with van der Waals surface area (Å²) in [6.07, 6.45) is -8.26. The van der Waals surface area contributed by atoms with Gasteiger partial charge in [-0.05, 0) is 200 Å². The number of rotatable bonds is 38. The lowest BCUT2D eigenvalue weighted by molar-refractivity contribution is -0.202. The van der Waals surface area contributed by atoms with Crippen LogP contribution in [0.5, 0.6) is 40.5 Å². The van der Waals surface area contributed by atoms with Gasteiger partial charge in [0.05, 0.1) is 57.2 Å². The normalized spacial score (nSPS) is 20.1. The second-order valence-electron chi connectivity index (χ2n) is 33.2. The van der Waals surface area contributed by atoms with Crippen LogP contribution >= 0.6 is 101 Å². The number of hydrogen-bond donors (Lipinski definition) is 6. The zero-order valence-corrected chi connectivity index (χ0v) is 89.1. The van der Waals surface area contributed by atoms with Crippen molar-refractivity contribution in [2.45, 2.75) is 210 Å². The molecule has 2 aliphatic heterocycles. The third-order valence-electron chi connectivity index (χ3n) is 21.0. The molecule has 0 aliphatic carbocycles. The molecule has 2 fully saturated rings. The van der Waals surface area contributed by atoms with Crippen molar-refractivity contribution in [1.82, 2.24) is 54.3 Å². The maximum Gasteiger partial charge on any atom is 0.459 e. The number of esters is 3. The number of benzene rings is 8. The molecule has 6 heterocycles. The summed E-state index contributed by atoms with van der Waals surface area (Å²) in [5.41, 5.74) is 2.24. The predicted octanol–water partition coefficient (Wildman–Crippen LogP) is 26.1. The first-order valence-electron chi connectivity index (χ1n) is 44.3. The molecule has 14 atom stereocenters. The lowest BCUT2D eigenvalue weighted by atomic mass is 9.77. The third-order valence-corrected chi connectivity index (χ3v) is 26.7. The predicted molar refractivity (Wildman–Crippen MR) is 568 cm³/mol. The quantitative estimate of drug-likeness (QED) is 0.00688. The minimum Gasteiger partial charge on any atom is -0.497 e. The van der Waals surface area contributed by atoms with Crippen molar-refractivity contribution in [2.75, 3.05) is 44.6 Å². The number of imidazole rings is 2. The average molecular weight is 2280 g/mol. The molecule has 810 valence electrons. The van der Waals surface area contributed by atoms with E-state index in [2.05, 4.69) is 78.8 Å². The number of aliphatic hydroxyl groups is 1. The van der Waals surface area contributed by atoms with Gasteiger partial charge in [0.2, 0.25) is 29.5 Å². The first-order valence-corrected chi connectivity index (χ1v) is 57.8. The van der Waals surface area contributed by atoms with E-state index in [1.807, 2.05) is 84.9 Å². The van der Waals surface area contributed by atoms with E-state index in [-0.39, 0.29) is 107 Å². The zero-order chi connectivity index (χ0) is 106. The summed E-state index contributed by atoms with van der Waals surface area (Å²) in [5, 5.41) is 20.0. The van der Waals surface area contributed by atoms with E-state index in [9.17, 15) is 42.3 Å². The van der Waals surface area contributed by atoms with E-state index in [0.717, 1.165) is 39.9 Å². The Morgan fingerprint density at radius 3 is 1.30 bits per heavy atom. The maximum absolute atomic E-state index is 17.3. The van der Waals surface area contributed by atoms with Crippen molar-refractivity contribution in [2.24, 2.45) is 5.92 Å². The molecule has 0 radical (unpaired) electrons. The van der Waals surface area contributed by atoms with Crippen LogP contribution in [0.15, 0.2) is 231 Å². The minimum absolute atomic E-state index is 0. The Hall–Kier alpha value is -9.98. The fraction of sp³-hybridized carbons (Fsp3) is 0.392. The number of hydrogen-bond acceptors (Lipinski definition) is 31. The monoisotopic (exact) mass is 2280 g/mol. The maximum atomic E-state index is 17.3. The first-order chi connectivity index (χ1) is 67.7. The molecule has 2 saturated heterocycles. The molecular weight excluding hydrogens is 2160 g/mol. The number of halogens is 10. The van der Waals surface area contributed by atoms with E-state index < -0.39 is 148 Å². The molecule has 0 bridgehead atoms. The van der Waals surface area contributed by atoms with Gasteiger partial charge in [0.15, 0.2) is 52.2 Å². The highest BCUT2D eigenvalue weighted by Gasteiger charge is 2.66. The lowest BCUT2D eigenvalue weighted by Gasteiger charge is -2.37. The van der Waals surface area contributed by atoms with Crippen LogP contribution in [-0.4, -0.2) is 161 Å². The van der Waals surface area contributed by atoms with Gasteiger partial charge in [-0.1, -0.05) is 200 Å². The minimum atomic E-state index is -4.68. The Bertz CT molecular complexity index is 6510. The number of carbonyl (C=O) groups excluding carboxylic acids is 3. The van der Waals surface area contributed by atoms with Gasteiger partial charge in [-0.25, -0.2) is 50.9 Å². The highest BCUT2D eigenvalue weighted by molar-refractivity contribution is 8.24. The molecule has 0 amide bonds. The molecule has 36 nitrogen and oxygen atoms in total. The van der Waals surface area contributed by atoms with Crippen molar-refractivity contribution in [3.05, 3.63) is 248 Å². The summed E-state index contributed by atoms with van der Waals surface area (Å²) in [5.74, 6) is -8.21. The molecule has 0 spiro atoms. The number of nitrogens with two attached hydrogens (primary N) is 1. The molecule has 3 unspecified atom stereocenters. The number of para-hydroxylation sites is 3. The number of methoxy groups -OCH3 is 1. The second-order valence-corrected chi connectivity index (χ2v) is 50.1. The molecule has 12 aromatic rings. The van der Waals surface area contributed by atoms with Crippen LogP contribution in [0.3, 0.4) is 0 Å². The Labute approximate surface area is 886 Å². The SMILES string of the molecule is C.C.C.C.CC(C)OC(=O)[C@H](C)NP(=O)(Cl)Oc1ccccc1.CCOc1nc(N)nc2c1ncn2[C@@H]1O[C@](F)(COP(=O)(N[C@@H](C)C(=O)OC(C)C)Oc2cccc3ccccc23)[C@@H](O)[C@@]1(C)F.CCOc1nc(NC(c2ccccc2)(c2ccccc2)c2ccc(OC)cc2)nc2c1ncn2[C@@H]1O[C@](F)(COP(=O)(N[C@@H](C)C(=O)OC(C)C)Oc2ccccc2)[C@@H](C)[C@@]1(C)F.O=P(Cl)(Cl)Cl.O=P(Cl)(Cl)Oc1ccccc1. The summed E-state index contributed by atoms with van der Waals surface area (Å²) >= 11 is 29.9. The van der Waals surface area contributed by atoms with E-state index in [4.69, 9.17) is 110 Å². The Kier molecular flexibility index (Phi) is 46.9. The number of nitrogen functional groups attached to an aromatic ring is 1. The van der Waals surface area contributed by atoms with Crippen LogP contribution in [0.2, 0.25) is 0 Å². The molecule has 2 aliphatic rings. The van der Waals surface area contributed by atoms with Gasteiger partial charge in [-0.15, -0.1) is 0 Å². The Morgan fingerprint density at radius 1 is 0.480 bits per heavy atom. The fourth-order valence-electron chi connectivity index (χ4n) is 14.3. The topological polar surface area (TPSA) is 447 Å². The third kappa shape index (κ3) is 34.3. The number of alkyl halides is 4. The van der Waals surface area contributed by atoms with Gasteiger partial charge >= 0.3 is 51.5 Å². The Morgan fingerprint density at radius 2 is 0.858 bits per heavy atom. The highest BCUT2D eigenvalue weighted by Crippen LogP contribution is 2.62. The van der Waals surface area contributed by atoms with Crippen LogP contribution < -0.4 is 58.6 Å². The van der Waals surface area contributed by atoms with Crippen LogP contribution in [0, 0.1) is 5.92 Å². The van der Waals surface area contributed by atoms with Gasteiger partial charge in [-0.3, -0.25) is 37.1 Å². The number of fused-ring (bicyclic) bond motifs is 3. The van der Waals surface area contributed by atoms with Crippen molar-refractivity contribution < 1.29 is 125 Å². The van der Waals surface area contributed by atoms with Crippen molar-refractivity contribution in [1.29, 1.82) is 0 Å². The van der Waals surface area contributed by atoms with E-state index in [1.165, 1.54) is 63.7 Å². The van der Waals surface area contributed by atoms with E-state index >= 15 is 17.6 Å². The van der Waals surface area contributed by atoms with Crippen molar-refractivity contribution in [3.63, 3.8) is 0 Å². The largest absolute Gasteiger partial charge is 0.497 e. The molecule has 51 heteroatoms. The Balaban J connectivity index is 0.000000340. The number of nitrogens with zero attached hydrogens (tertiary/aromatic N) is 8. The molecule has 0 saturated carbocycles. The smallest absolute Gasteiger partial charge is 0.459 e. The standard InChI is InChI=1S/C46H51F2N6O8P.C29H35F2N6O8P.C12H17ClNO4P.C6H5Cl2O2P.4CH4.Cl3OP/c1-8-58-40-38-39(50-43(51-40)52-46(33-18-12-9-13-19-33,34-20-14-10-15-21-34)35-24-26-36(57-7)27-25-35)54(29-49-38)42-44(6,47)32(5)45(48,61-42)28-59-63(56,62-37-22-16-11-17-23-37)53-31(4)41(55)60-30(2)3;1-6-41-23-21-22(34-27(32)35-23)37(15-33-21)26-28(5,30)25(39)29(31,44-26)14-42-46(40,36-17(4)24(38)43-16(2)3)45-20-13-9-11-18-10-7-8-12-19(18)20;1-9(2)17-12(15)10(3)14-19(13,16)18-11-7-5-4-6-8-11;7-11(8,9)10-6-4-2-1-3-5-6;;;;;1-5(2,3)4/h9-27,29-32,42H,8,28H2,1-7H3,(H,53,56)(H,50,51,52);7-13,15-17,25-26,39H,6,14H2,1-5H3,(H,36,40)(H2,32,34,35);4-10H,1-3H3,(H,14,16);1-5H;4*1H4;/t31-,32-,42+,44+,45+,63?;17-,25-,26+,28+,29+,46?;10-,19?;;;;;;/m000....../s1. The van der Waals surface area contributed by atoms with Crippen molar-refractivity contribution >= 4 is 164 Å². The number of anilines is 2. The van der Waals surface area contributed by atoms with E-state index in [0.29, 0.717) is 22.6 Å². The lowest BCUT2D eigenvalue weighted by Crippen LogP contribution is -2.47. The van der Waals surface area contributed by atoms with Gasteiger partial charge < -0.3 is 72.1 Å². The van der Waals surface area contributed by atoms with Crippen LogP contribution in [-0.2, 0) is 75.5 Å². The van der Waals surface area contributed by atoms with Gasteiger partial charge in [-0.2, -0.15) is 30.1 Å². The van der Waals surface area contributed by atoms with Crippen LogP contribution in [0.25, 0.3) is 33.1 Å². The highest BCUT2D eigenvalue weighted by atomic mass is 36.0. The second kappa shape index (κ2) is 54.8. The molecule has 148 heavy (non-hydrogen) atoms. The van der Waals surface area contributed by atoms with Gasteiger partial charge in [0.25, 0.3) is 5.85 Å². The number of aliphatic hydroxyl groups excluding tert-OH is 1. The molecular formula is C97H124Cl6F4N13O23P5. The van der Waals surface area contributed by atoms with Gasteiger partial charge in [0.1, 0.15) is 65.6 Å².